The lowest BCUT2D eigenvalue weighted by Gasteiger charge is -2.08. The van der Waals surface area contributed by atoms with Crippen molar-refractivity contribution in [1.29, 1.82) is 0 Å². The van der Waals surface area contributed by atoms with Gasteiger partial charge in [-0.1, -0.05) is 31.2 Å². The molecule has 104 valence electrons. The minimum atomic E-state index is -0.262. The predicted octanol–water partition coefficient (Wildman–Crippen LogP) is 2.29. The lowest BCUT2D eigenvalue weighted by Crippen LogP contribution is -2.15. The molecule has 1 N–H and O–H groups in total. The Morgan fingerprint density at radius 1 is 1.32 bits per heavy atom. The van der Waals surface area contributed by atoms with Gasteiger partial charge in [0.25, 0.3) is 0 Å². The van der Waals surface area contributed by atoms with Crippen LogP contribution in [-0.2, 0) is 16.1 Å². The van der Waals surface area contributed by atoms with Crippen molar-refractivity contribution in [3.05, 3.63) is 41.5 Å². The van der Waals surface area contributed by atoms with Crippen molar-refractivity contribution in [3.63, 3.8) is 0 Å². The van der Waals surface area contributed by atoms with Gasteiger partial charge >= 0.3 is 5.97 Å². The molecule has 19 heavy (non-hydrogen) atoms. The fourth-order valence-corrected chi connectivity index (χ4v) is 1.75. The number of hydrogen-bond acceptors (Lipinski definition) is 4. The van der Waals surface area contributed by atoms with Gasteiger partial charge in [0, 0.05) is 24.2 Å². The van der Waals surface area contributed by atoms with Gasteiger partial charge in [-0.25, -0.2) is 4.79 Å². The van der Waals surface area contributed by atoms with Gasteiger partial charge in [0.05, 0.1) is 14.2 Å². The summed E-state index contributed by atoms with van der Waals surface area (Å²) in [6.07, 6.45) is 2.53. The van der Waals surface area contributed by atoms with Crippen LogP contribution in [0.25, 0.3) is 0 Å². The molecule has 0 spiro atoms. The zero-order valence-electron chi connectivity index (χ0n) is 11.7. The van der Waals surface area contributed by atoms with Gasteiger partial charge in [0.2, 0.25) is 0 Å². The Kier molecular flexibility index (Phi) is 6.68. The van der Waals surface area contributed by atoms with Crippen molar-refractivity contribution in [2.45, 2.75) is 19.9 Å². The highest BCUT2D eigenvalue weighted by atomic mass is 16.5. The van der Waals surface area contributed by atoms with Crippen molar-refractivity contribution in [1.82, 2.24) is 5.32 Å². The largest absolute Gasteiger partial charge is 0.496 e. The second-order valence-corrected chi connectivity index (χ2v) is 4.02. The Morgan fingerprint density at radius 3 is 2.68 bits per heavy atom. The lowest BCUT2D eigenvalue weighted by molar-refractivity contribution is -0.136. The van der Waals surface area contributed by atoms with Crippen molar-refractivity contribution < 1.29 is 14.3 Å². The molecule has 0 bridgehead atoms. The average Bonchev–Trinajstić information content (AvgIpc) is 2.47. The number of carbonyl (C=O) groups is 1. The molecule has 0 unspecified atom stereocenters. The van der Waals surface area contributed by atoms with Crippen molar-refractivity contribution in [3.8, 4) is 5.75 Å². The maximum Gasteiger partial charge on any atom is 0.333 e. The molecule has 1 aromatic rings. The standard InChI is InChI=1S/C15H21NO3/c1-4-12(15(17)19-3)9-10-16-11-13-7-5-6-8-14(13)18-2/h5-9,16H,4,10-11H2,1-3H3/b12-9-. The smallest absolute Gasteiger partial charge is 0.333 e. The molecule has 0 radical (unpaired) electrons. The molecule has 0 aromatic heterocycles. The van der Waals surface area contributed by atoms with Crippen LogP contribution in [0.2, 0.25) is 0 Å². The van der Waals surface area contributed by atoms with Crippen LogP contribution in [-0.4, -0.2) is 26.7 Å². The van der Waals surface area contributed by atoms with E-state index in [-0.39, 0.29) is 5.97 Å². The SMILES string of the molecule is CC/C(=C/CNCc1ccccc1OC)C(=O)OC. The van der Waals surface area contributed by atoms with Gasteiger partial charge < -0.3 is 14.8 Å². The quantitative estimate of drug-likeness (QED) is 0.466. The maximum absolute atomic E-state index is 11.4. The summed E-state index contributed by atoms with van der Waals surface area (Å²) in [6.45, 7) is 3.25. The van der Waals surface area contributed by atoms with Crippen molar-refractivity contribution in [2.24, 2.45) is 0 Å². The van der Waals surface area contributed by atoms with Crippen LogP contribution in [0.1, 0.15) is 18.9 Å². The maximum atomic E-state index is 11.4. The Bertz CT molecular complexity index is 441. The fraction of sp³-hybridized carbons (Fsp3) is 0.400. The van der Waals surface area contributed by atoms with Crippen molar-refractivity contribution in [2.75, 3.05) is 20.8 Å². The average molecular weight is 263 g/mol. The van der Waals surface area contributed by atoms with Crippen LogP contribution in [0.3, 0.4) is 0 Å². The molecule has 0 aliphatic rings. The van der Waals surface area contributed by atoms with E-state index in [2.05, 4.69) is 5.32 Å². The van der Waals surface area contributed by atoms with E-state index >= 15 is 0 Å². The zero-order valence-corrected chi connectivity index (χ0v) is 11.7. The number of para-hydroxylation sites is 1. The highest BCUT2D eigenvalue weighted by molar-refractivity contribution is 5.88. The molecule has 0 saturated carbocycles. The minimum Gasteiger partial charge on any atom is -0.496 e. The van der Waals surface area contributed by atoms with E-state index in [1.165, 1.54) is 7.11 Å². The van der Waals surface area contributed by atoms with Gasteiger partial charge in [0.15, 0.2) is 0 Å². The number of benzene rings is 1. The number of ether oxygens (including phenoxy) is 2. The summed E-state index contributed by atoms with van der Waals surface area (Å²) in [5.74, 6) is 0.601. The molecule has 4 nitrogen and oxygen atoms in total. The zero-order chi connectivity index (χ0) is 14.1. The first-order valence-electron chi connectivity index (χ1n) is 6.32. The Balaban J connectivity index is 2.50. The summed E-state index contributed by atoms with van der Waals surface area (Å²) in [5.41, 5.74) is 1.78. The van der Waals surface area contributed by atoms with E-state index in [1.54, 1.807) is 7.11 Å². The second kappa shape index (κ2) is 8.32. The third-order valence-electron chi connectivity index (χ3n) is 2.83. The number of esters is 1. The Hall–Kier alpha value is -1.81. The summed E-state index contributed by atoms with van der Waals surface area (Å²) in [4.78, 5) is 11.4. The van der Waals surface area contributed by atoms with Crippen LogP contribution in [0.5, 0.6) is 5.75 Å². The first-order valence-corrected chi connectivity index (χ1v) is 6.32. The van der Waals surface area contributed by atoms with Crippen molar-refractivity contribution >= 4 is 5.97 Å². The number of nitrogens with one attached hydrogen (secondary N) is 1. The molecule has 0 heterocycles. The number of rotatable bonds is 7. The summed E-state index contributed by atoms with van der Waals surface area (Å²) in [7, 11) is 3.05. The summed E-state index contributed by atoms with van der Waals surface area (Å²) >= 11 is 0. The highest BCUT2D eigenvalue weighted by Gasteiger charge is 2.06. The van der Waals surface area contributed by atoms with Gasteiger partial charge in [-0.05, 0) is 12.5 Å². The van der Waals surface area contributed by atoms with Crippen LogP contribution >= 0.6 is 0 Å². The van der Waals surface area contributed by atoms with E-state index in [9.17, 15) is 4.79 Å². The summed E-state index contributed by atoms with van der Waals surface area (Å²) < 4.78 is 9.97. The summed E-state index contributed by atoms with van der Waals surface area (Å²) in [5, 5.41) is 3.26. The first-order chi connectivity index (χ1) is 9.22. The lowest BCUT2D eigenvalue weighted by atomic mass is 10.2. The van der Waals surface area contributed by atoms with Crippen LogP contribution in [0, 0.1) is 0 Å². The normalized spacial score (nSPS) is 11.2. The highest BCUT2D eigenvalue weighted by Crippen LogP contribution is 2.16. The fourth-order valence-electron chi connectivity index (χ4n) is 1.75. The van der Waals surface area contributed by atoms with Crippen LogP contribution < -0.4 is 10.1 Å². The molecule has 1 aromatic carbocycles. The summed E-state index contributed by atoms with van der Waals surface area (Å²) in [6, 6.07) is 7.85. The number of carbonyl (C=O) groups excluding carboxylic acids is 1. The predicted molar refractivity (Wildman–Crippen MR) is 75.1 cm³/mol. The van der Waals surface area contributed by atoms with Gasteiger partial charge in [0.1, 0.15) is 5.75 Å². The minimum absolute atomic E-state index is 0.262. The van der Waals surface area contributed by atoms with Gasteiger partial charge in [-0.3, -0.25) is 0 Å². The monoisotopic (exact) mass is 263 g/mol. The molecule has 0 amide bonds. The van der Waals surface area contributed by atoms with E-state index in [0.29, 0.717) is 25.1 Å². The molecular formula is C15H21NO3. The number of hydrogen-bond donors (Lipinski definition) is 1. The van der Waals surface area contributed by atoms with Gasteiger partial charge in [-0.15, -0.1) is 0 Å². The van der Waals surface area contributed by atoms with E-state index in [4.69, 9.17) is 9.47 Å². The van der Waals surface area contributed by atoms with E-state index in [1.807, 2.05) is 37.3 Å². The molecule has 4 heteroatoms. The van der Waals surface area contributed by atoms with E-state index in [0.717, 1.165) is 11.3 Å². The van der Waals surface area contributed by atoms with Crippen LogP contribution in [0.15, 0.2) is 35.9 Å². The molecule has 0 aliphatic heterocycles. The molecule has 0 saturated heterocycles. The topological polar surface area (TPSA) is 47.6 Å². The first kappa shape index (κ1) is 15.2. The number of methoxy groups -OCH3 is 2. The molecule has 0 atom stereocenters. The third-order valence-corrected chi connectivity index (χ3v) is 2.83. The third kappa shape index (κ3) is 4.75. The van der Waals surface area contributed by atoms with E-state index < -0.39 is 0 Å². The Morgan fingerprint density at radius 2 is 2.05 bits per heavy atom. The Labute approximate surface area is 114 Å². The second-order valence-electron chi connectivity index (χ2n) is 4.02. The van der Waals surface area contributed by atoms with Gasteiger partial charge in [-0.2, -0.15) is 0 Å². The van der Waals surface area contributed by atoms with Crippen LogP contribution in [0.4, 0.5) is 0 Å². The molecule has 0 aliphatic carbocycles. The molecular weight excluding hydrogens is 242 g/mol. The molecule has 0 fully saturated rings. The molecule has 1 rings (SSSR count).